The third-order valence-corrected chi connectivity index (χ3v) is 2.58. The zero-order valence-corrected chi connectivity index (χ0v) is 10.5. The van der Waals surface area contributed by atoms with Gasteiger partial charge in [0, 0.05) is 6.42 Å². The van der Waals surface area contributed by atoms with E-state index in [1.54, 1.807) is 0 Å². The van der Waals surface area contributed by atoms with E-state index in [2.05, 4.69) is 6.92 Å². The van der Waals surface area contributed by atoms with Crippen molar-refractivity contribution in [2.24, 2.45) is 5.73 Å². The summed E-state index contributed by atoms with van der Waals surface area (Å²) in [5, 5.41) is 7.21. The molecule has 0 atom stereocenters. The van der Waals surface area contributed by atoms with Gasteiger partial charge in [-0.2, -0.15) is 0 Å². The zero-order valence-electron chi connectivity index (χ0n) is 10.5. The number of benzene rings is 1. The van der Waals surface area contributed by atoms with Crippen LogP contribution in [0.4, 0.5) is 0 Å². The molecule has 0 spiro atoms. The van der Waals surface area contributed by atoms with E-state index in [0.29, 0.717) is 6.42 Å². The van der Waals surface area contributed by atoms with Crippen LogP contribution in [0.15, 0.2) is 24.3 Å². The molecule has 3 heteroatoms. The molecular weight excluding hydrogens is 212 g/mol. The Kier molecular flexibility index (Phi) is 6.15. The van der Waals surface area contributed by atoms with Gasteiger partial charge >= 0.3 is 0 Å². The first-order chi connectivity index (χ1) is 8.22. The monoisotopic (exact) mass is 234 g/mol. The zero-order chi connectivity index (χ0) is 12.5. The molecule has 0 amide bonds. The molecule has 0 heterocycles. The van der Waals surface area contributed by atoms with Gasteiger partial charge in [0.1, 0.15) is 5.75 Å². The molecule has 0 aliphatic carbocycles. The van der Waals surface area contributed by atoms with Gasteiger partial charge in [-0.15, -0.1) is 0 Å². The van der Waals surface area contributed by atoms with E-state index in [1.807, 2.05) is 24.3 Å². The highest BCUT2D eigenvalue weighted by molar-refractivity contribution is 5.79. The molecule has 0 aromatic heterocycles. The first kappa shape index (κ1) is 13.6. The molecular formula is C14H22N2O. The van der Waals surface area contributed by atoms with E-state index in [4.69, 9.17) is 15.9 Å². The van der Waals surface area contributed by atoms with Gasteiger partial charge in [-0.05, 0) is 24.1 Å². The Morgan fingerprint density at radius 1 is 1.18 bits per heavy atom. The van der Waals surface area contributed by atoms with Crippen LogP contribution in [0.5, 0.6) is 5.75 Å². The first-order valence-corrected chi connectivity index (χ1v) is 6.27. The molecule has 3 N–H and O–H groups in total. The predicted molar refractivity (Wildman–Crippen MR) is 71.7 cm³/mol. The highest BCUT2D eigenvalue weighted by Gasteiger charge is 1.97. The summed E-state index contributed by atoms with van der Waals surface area (Å²) in [5.74, 6) is 1.09. The number of ether oxygens (including phenoxy) is 1. The smallest absolute Gasteiger partial charge is 0.119 e. The number of nitrogens with two attached hydrogens (primary N) is 1. The van der Waals surface area contributed by atoms with Gasteiger partial charge in [-0.25, -0.2) is 0 Å². The van der Waals surface area contributed by atoms with Gasteiger partial charge in [0.2, 0.25) is 0 Å². The number of unbranched alkanes of at least 4 members (excludes halogenated alkanes) is 3. The van der Waals surface area contributed by atoms with Crippen molar-refractivity contribution in [2.45, 2.75) is 39.0 Å². The van der Waals surface area contributed by atoms with Gasteiger partial charge < -0.3 is 10.5 Å². The summed E-state index contributed by atoms with van der Waals surface area (Å²) in [4.78, 5) is 0. The molecule has 1 aromatic rings. The number of amidine groups is 1. The van der Waals surface area contributed by atoms with E-state index in [-0.39, 0.29) is 5.84 Å². The second-order valence-electron chi connectivity index (χ2n) is 4.26. The second kappa shape index (κ2) is 7.71. The van der Waals surface area contributed by atoms with Gasteiger partial charge in [0.25, 0.3) is 0 Å². The van der Waals surface area contributed by atoms with Gasteiger partial charge in [0.05, 0.1) is 12.4 Å². The fourth-order valence-electron chi connectivity index (χ4n) is 1.64. The summed E-state index contributed by atoms with van der Waals surface area (Å²) >= 11 is 0. The molecule has 0 saturated carbocycles. The molecule has 1 aromatic carbocycles. The summed E-state index contributed by atoms with van der Waals surface area (Å²) < 4.78 is 5.63. The normalized spacial score (nSPS) is 10.2. The highest BCUT2D eigenvalue weighted by Crippen LogP contribution is 2.13. The van der Waals surface area contributed by atoms with Crippen molar-refractivity contribution in [3.05, 3.63) is 29.8 Å². The molecule has 0 unspecified atom stereocenters. The van der Waals surface area contributed by atoms with E-state index >= 15 is 0 Å². The summed E-state index contributed by atoms with van der Waals surface area (Å²) in [6.45, 7) is 2.99. The Morgan fingerprint density at radius 3 is 2.47 bits per heavy atom. The third kappa shape index (κ3) is 5.95. The third-order valence-electron chi connectivity index (χ3n) is 2.58. The van der Waals surface area contributed by atoms with E-state index < -0.39 is 0 Å². The number of nitrogens with one attached hydrogen (secondary N) is 1. The van der Waals surface area contributed by atoms with E-state index in [1.165, 1.54) is 19.3 Å². The molecule has 0 bridgehead atoms. The van der Waals surface area contributed by atoms with Crippen molar-refractivity contribution in [3.63, 3.8) is 0 Å². The van der Waals surface area contributed by atoms with E-state index in [0.717, 1.165) is 24.3 Å². The number of hydrogen-bond donors (Lipinski definition) is 2. The largest absolute Gasteiger partial charge is 0.494 e. The molecule has 17 heavy (non-hydrogen) atoms. The number of hydrogen-bond acceptors (Lipinski definition) is 2. The Morgan fingerprint density at radius 2 is 1.88 bits per heavy atom. The Balaban J connectivity index is 2.28. The fourth-order valence-corrected chi connectivity index (χ4v) is 1.64. The van der Waals surface area contributed by atoms with E-state index in [9.17, 15) is 0 Å². The molecule has 3 nitrogen and oxygen atoms in total. The molecule has 1 rings (SSSR count). The molecule has 0 aliphatic rings. The average Bonchev–Trinajstić information content (AvgIpc) is 2.30. The maximum absolute atomic E-state index is 7.21. The summed E-state index contributed by atoms with van der Waals surface area (Å²) in [6, 6.07) is 7.81. The molecule has 0 aliphatic heterocycles. The SMILES string of the molecule is CCCCCCOc1ccc(CC(=N)N)cc1. The van der Waals surface area contributed by atoms with Crippen molar-refractivity contribution in [1.82, 2.24) is 0 Å². The van der Waals surface area contributed by atoms with Crippen molar-refractivity contribution < 1.29 is 4.74 Å². The van der Waals surface area contributed by atoms with Crippen molar-refractivity contribution >= 4 is 5.84 Å². The maximum Gasteiger partial charge on any atom is 0.119 e. The Labute approximate surface area is 103 Å². The number of rotatable bonds is 8. The topological polar surface area (TPSA) is 59.1 Å². The molecule has 94 valence electrons. The van der Waals surface area contributed by atoms with Crippen LogP contribution < -0.4 is 10.5 Å². The minimum atomic E-state index is 0.193. The fraction of sp³-hybridized carbons (Fsp3) is 0.500. The summed E-state index contributed by atoms with van der Waals surface area (Å²) in [7, 11) is 0. The standard InChI is InChI=1S/C14H22N2O/c1-2-3-4-5-10-17-13-8-6-12(7-9-13)11-14(15)16/h6-9H,2-5,10-11H2,1H3,(H3,15,16). The summed E-state index contributed by atoms with van der Waals surface area (Å²) in [6.07, 6.45) is 5.39. The van der Waals surface area contributed by atoms with Crippen LogP contribution in [0.1, 0.15) is 38.2 Å². The summed E-state index contributed by atoms with van der Waals surface area (Å²) in [5.41, 5.74) is 6.39. The lowest BCUT2D eigenvalue weighted by Crippen LogP contribution is -2.12. The van der Waals surface area contributed by atoms with Crippen LogP contribution in [0.3, 0.4) is 0 Å². The van der Waals surface area contributed by atoms with Crippen LogP contribution in [0.25, 0.3) is 0 Å². The molecule has 0 radical (unpaired) electrons. The lowest BCUT2D eigenvalue weighted by atomic mass is 10.1. The molecule has 0 saturated heterocycles. The van der Waals surface area contributed by atoms with Crippen LogP contribution in [0.2, 0.25) is 0 Å². The van der Waals surface area contributed by atoms with Crippen LogP contribution in [-0.4, -0.2) is 12.4 Å². The lowest BCUT2D eigenvalue weighted by Gasteiger charge is -2.06. The quantitative estimate of drug-likeness (QED) is 0.412. The Bertz CT molecular complexity index is 333. The van der Waals surface area contributed by atoms with Crippen molar-refractivity contribution in [3.8, 4) is 5.75 Å². The van der Waals surface area contributed by atoms with Crippen LogP contribution in [-0.2, 0) is 6.42 Å². The Hall–Kier alpha value is -1.51. The highest BCUT2D eigenvalue weighted by atomic mass is 16.5. The second-order valence-corrected chi connectivity index (χ2v) is 4.26. The van der Waals surface area contributed by atoms with Crippen molar-refractivity contribution in [1.29, 1.82) is 5.41 Å². The minimum Gasteiger partial charge on any atom is -0.494 e. The molecule has 0 fully saturated rings. The van der Waals surface area contributed by atoms with Gasteiger partial charge in [-0.3, -0.25) is 5.41 Å². The van der Waals surface area contributed by atoms with Crippen LogP contribution in [0, 0.1) is 5.41 Å². The van der Waals surface area contributed by atoms with Crippen molar-refractivity contribution in [2.75, 3.05) is 6.61 Å². The van der Waals surface area contributed by atoms with Gasteiger partial charge in [0.15, 0.2) is 0 Å². The van der Waals surface area contributed by atoms with Crippen LogP contribution >= 0.6 is 0 Å². The predicted octanol–water partition coefficient (Wildman–Crippen LogP) is 3.12. The first-order valence-electron chi connectivity index (χ1n) is 6.27. The minimum absolute atomic E-state index is 0.193. The maximum atomic E-state index is 7.21. The average molecular weight is 234 g/mol. The lowest BCUT2D eigenvalue weighted by molar-refractivity contribution is 0.305. The van der Waals surface area contributed by atoms with Gasteiger partial charge in [-0.1, -0.05) is 38.3 Å².